The molecule has 1 saturated heterocycles. The summed E-state index contributed by atoms with van der Waals surface area (Å²) in [5.41, 5.74) is 1.88. The first-order valence-corrected chi connectivity index (χ1v) is 6.75. The Balaban J connectivity index is 1.93. The lowest BCUT2D eigenvalue weighted by Gasteiger charge is -2.23. The monoisotopic (exact) mass is 244 g/mol. The van der Waals surface area contributed by atoms with Crippen molar-refractivity contribution < 1.29 is 4.79 Å². The third-order valence-corrected chi connectivity index (χ3v) is 4.21. The summed E-state index contributed by atoms with van der Waals surface area (Å²) in [6.45, 7) is 5.93. The van der Waals surface area contributed by atoms with Gasteiger partial charge in [0.2, 0.25) is 5.91 Å². The minimum atomic E-state index is -0.380. The number of nitrogens with one attached hydrogen (secondary N) is 1. The summed E-state index contributed by atoms with van der Waals surface area (Å²) < 4.78 is 0. The van der Waals surface area contributed by atoms with E-state index in [-0.39, 0.29) is 11.3 Å². The van der Waals surface area contributed by atoms with Crippen LogP contribution < -0.4 is 10.2 Å². The molecule has 3 nitrogen and oxygen atoms in total. The fourth-order valence-corrected chi connectivity index (χ4v) is 3.11. The van der Waals surface area contributed by atoms with E-state index in [4.69, 9.17) is 0 Å². The SMILES string of the molecule is CC1(C)C(=O)N(C[C@@H]2CCCN2)c2ccccc21. The number of fused-ring (bicyclic) bond motifs is 1. The van der Waals surface area contributed by atoms with E-state index in [2.05, 4.69) is 17.4 Å². The third kappa shape index (κ3) is 1.65. The molecule has 2 aliphatic heterocycles. The second-order valence-corrected chi connectivity index (χ2v) is 5.85. The van der Waals surface area contributed by atoms with Gasteiger partial charge in [0.05, 0.1) is 5.41 Å². The summed E-state index contributed by atoms with van der Waals surface area (Å²) in [6, 6.07) is 8.64. The molecule has 18 heavy (non-hydrogen) atoms. The lowest BCUT2D eigenvalue weighted by Crippen LogP contribution is -2.43. The van der Waals surface area contributed by atoms with Crippen LogP contribution in [0.4, 0.5) is 5.69 Å². The van der Waals surface area contributed by atoms with Crippen molar-refractivity contribution in [3.05, 3.63) is 29.8 Å². The summed E-state index contributed by atoms with van der Waals surface area (Å²) in [5, 5.41) is 3.47. The standard InChI is InChI=1S/C15H20N2O/c1-15(2)12-7-3-4-8-13(12)17(14(15)18)10-11-6-5-9-16-11/h3-4,7-8,11,16H,5-6,9-10H2,1-2H3/t11-/m0/s1. The van der Waals surface area contributed by atoms with Crippen LogP contribution in [0.3, 0.4) is 0 Å². The van der Waals surface area contributed by atoms with Crippen molar-refractivity contribution in [1.82, 2.24) is 5.32 Å². The maximum Gasteiger partial charge on any atom is 0.237 e. The molecule has 0 spiro atoms. The van der Waals surface area contributed by atoms with Crippen LogP contribution >= 0.6 is 0 Å². The highest BCUT2D eigenvalue weighted by molar-refractivity contribution is 6.07. The molecular weight excluding hydrogens is 224 g/mol. The number of rotatable bonds is 2. The van der Waals surface area contributed by atoms with Crippen LogP contribution in [0.2, 0.25) is 0 Å². The Hall–Kier alpha value is -1.35. The smallest absolute Gasteiger partial charge is 0.237 e. The Kier molecular flexibility index (Phi) is 2.67. The van der Waals surface area contributed by atoms with Crippen molar-refractivity contribution in [2.24, 2.45) is 0 Å². The zero-order chi connectivity index (χ0) is 12.8. The highest BCUT2D eigenvalue weighted by Crippen LogP contribution is 2.41. The van der Waals surface area contributed by atoms with Crippen molar-refractivity contribution >= 4 is 11.6 Å². The van der Waals surface area contributed by atoms with Gasteiger partial charge in [0.25, 0.3) is 0 Å². The third-order valence-electron chi connectivity index (χ3n) is 4.21. The van der Waals surface area contributed by atoms with Crippen LogP contribution in [0.5, 0.6) is 0 Å². The van der Waals surface area contributed by atoms with Crippen LogP contribution in [0.15, 0.2) is 24.3 Å². The molecule has 2 aliphatic rings. The van der Waals surface area contributed by atoms with E-state index in [1.165, 1.54) is 12.8 Å². The highest BCUT2D eigenvalue weighted by Gasteiger charge is 2.44. The molecule has 0 aromatic heterocycles. The first kappa shape index (κ1) is 11.7. The van der Waals surface area contributed by atoms with Crippen LogP contribution in [0.1, 0.15) is 32.3 Å². The van der Waals surface area contributed by atoms with Gasteiger partial charge in [-0.2, -0.15) is 0 Å². The Morgan fingerprint density at radius 1 is 1.39 bits per heavy atom. The molecular formula is C15H20N2O. The quantitative estimate of drug-likeness (QED) is 0.863. The van der Waals surface area contributed by atoms with E-state index in [9.17, 15) is 4.79 Å². The van der Waals surface area contributed by atoms with Crippen LogP contribution in [-0.4, -0.2) is 25.0 Å². The molecule has 0 aliphatic carbocycles. The Morgan fingerprint density at radius 2 is 2.17 bits per heavy atom. The normalized spacial score (nSPS) is 25.6. The predicted octanol–water partition coefficient (Wildman–Crippen LogP) is 2.06. The summed E-state index contributed by atoms with van der Waals surface area (Å²) in [4.78, 5) is 14.5. The maximum atomic E-state index is 12.6. The molecule has 0 saturated carbocycles. The van der Waals surface area contributed by atoms with Crippen molar-refractivity contribution in [3.8, 4) is 0 Å². The van der Waals surface area contributed by atoms with E-state index >= 15 is 0 Å². The largest absolute Gasteiger partial charge is 0.312 e. The Bertz CT molecular complexity index is 475. The molecule has 0 radical (unpaired) electrons. The van der Waals surface area contributed by atoms with E-state index in [1.807, 2.05) is 30.9 Å². The first-order chi connectivity index (χ1) is 8.60. The van der Waals surface area contributed by atoms with Gasteiger partial charge in [0, 0.05) is 18.3 Å². The Labute approximate surface area is 108 Å². The number of amides is 1. The molecule has 3 heteroatoms. The zero-order valence-corrected chi connectivity index (χ0v) is 11.1. The van der Waals surface area contributed by atoms with Crippen LogP contribution in [0, 0.1) is 0 Å². The number of benzene rings is 1. The van der Waals surface area contributed by atoms with E-state index in [0.29, 0.717) is 6.04 Å². The zero-order valence-electron chi connectivity index (χ0n) is 11.1. The Morgan fingerprint density at radius 3 is 2.89 bits per heavy atom. The molecule has 1 aromatic carbocycles. The van der Waals surface area contributed by atoms with E-state index in [0.717, 1.165) is 24.3 Å². The summed E-state index contributed by atoms with van der Waals surface area (Å²) in [7, 11) is 0. The van der Waals surface area contributed by atoms with Crippen molar-refractivity contribution in [1.29, 1.82) is 0 Å². The molecule has 3 rings (SSSR count). The van der Waals surface area contributed by atoms with Crippen molar-refractivity contribution in [3.63, 3.8) is 0 Å². The number of anilines is 1. The van der Waals surface area contributed by atoms with E-state index in [1.54, 1.807) is 0 Å². The highest BCUT2D eigenvalue weighted by atomic mass is 16.2. The number of carbonyl (C=O) groups excluding carboxylic acids is 1. The lowest BCUT2D eigenvalue weighted by molar-refractivity contribution is -0.122. The molecule has 1 atom stereocenters. The lowest BCUT2D eigenvalue weighted by atomic mass is 9.86. The minimum Gasteiger partial charge on any atom is -0.312 e. The summed E-state index contributed by atoms with van der Waals surface area (Å²) in [6.07, 6.45) is 2.39. The van der Waals surface area contributed by atoms with Gasteiger partial charge in [-0.05, 0) is 44.9 Å². The minimum absolute atomic E-state index is 0.234. The molecule has 1 aromatic rings. The van der Waals surface area contributed by atoms with Gasteiger partial charge in [-0.25, -0.2) is 0 Å². The first-order valence-electron chi connectivity index (χ1n) is 6.75. The van der Waals surface area contributed by atoms with Gasteiger partial charge < -0.3 is 10.2 Å². The van der Waals surface area contributed by atoms with Crippen LogP contribution in [0.25, 0.3) is 0 Å². The number of para-hydroxylation sites is 1. The molecule has 2 heterocycles. The van der Waals surface area contributed by atoms with Gasteiger partial charge in [-0.3, -0.25) is 4.79 Å². The van der Waals surface area contributed by atoms with Gasteiger partial charge in [0.15, 0.2) is 0 Å². The fraction of sp³-hybridized carbons (Fsp3) is 0.533. The van der Waals surface area contributed by atoms with E-state index < -0.39 is 0 Å². The van der Waals surface area contributed by atoms with Gasteiger partial charge in [0.1, 0.15) is 0 Å². The molecule has 1 fully saturated rings. The maximum absolute atomic E-state index is 12.6. The molecule has 0 bridgehead atoms. The molecule has 1 N–H and O–H groups in total. The van der Waals surface area contributed by atoms with Gasteiger partial charge >= 0.3 is 0 Å². The van der Waals surface area contributed by atoms with Gasteiger partial charge in [-0.15, -0.1) is 0 Å². The average molecular weight is 244 g/mol. The van der Waals surface area contributed by atoms with Crippen LogP contribution in [-0.2, 0) is 10.2 Å². The van der Waals surface area contributed by atoms with Crippen molar-refractivity contribution in [2.75, 3.05) is 18.0 Å². The summed E-state index contributed by atoms with van der Waals surface area (Å²) in [5.74, 6) is 0.234. The van der Waals surface area contributed by atoms with Gasteiger partial charge in [-0.1, -0.05) is 18.2 Å². The average Bonchev–Trinajstić information content (AvgIpc) is 2.93. The predicted molar refractivity (Wildman–Crippen MR) is 72.8 cm³/mol. The number of hydrogen-bond acceptors (Lipinski definition) is 2. The number of hydrogen-bond donors (Lipinski definition) is 1. The molecule has 96 valence electrons. The second kappa shape index (κ2) is 4.09. The molecule has 1 amide bonds. The molecule has 0 unspecified atom stereocenters. The summed E-state index contributed by atoms with van der Waals surface area (Å²) >= 11 is 0. The number of carbonyl (C=O) groups is 1. The second-order valence-electron chi connectivity index (χ2n) is 5.85. The number of nitrogens with zero attached hydrogens (tertiary/aromatic N) is 1. The fourth-order valence-electron chi connectivity index (χ4n) is 3.11. The topological polar surface area (TPSA) is 32.3 Å². The van der Waals surface area contributed by atoms with Crippen molar-refractivity contribution in [2.45, 2.75) is 38.1 Å².